The molecule has 0 saturated carbocycles. The van der Waals surface area contributed by atoms with Crippen LogP contribution in [0.4, 0.5) is 4.79 Å². The predicted octanol–water partition coefficient (Wildman–Crippen LogP) is 1.18. The Morgan fingerprint density at radius 3 is 2.78 bits per heavy atom. The van der Waals surface area contributed by atoms with Crippen molar-refractivity contribution < 1.29 is 51.8 Å². The van der Waals surface area contributed by atoms with Crippen molar-refractivity contribution in [2.45, 2.75) is 50.8 Å². The van der Waals surface area contributed by atoms with Crippen LogP contribution in [0.1, 0.15) is 32.4 Å². The standard InChI is InChI=1S/C17H23N4O4S.Y/c1-17(2)13(20(3)16(24)25-17)14(22)19-12(8-11-9-26-10-18-11)15(23)21-6-4-5-7-21;/h6,9-10,12-13H,4-5,7-8H2,1-3H3,(H,19,22);/q-1;. The fraction of sp³-hybridized carbons (Fsp3) is 0.588. The van der Waals surface area contributed by atoms with E-state index in [2.05, 4.69) is 10.3 Å². The number of aromatic nitrogens is 1. The van der Waals surface area contributed by atoms with Gasteiger partial charge in [0.1, 0.15) is 11.6 Å². The third-order valence-corrected chi connectivity index (χ3v) is 5.31. The summed E-state index contributed by atoms with van der Waals surface area (Å²) in [6.45, 7) is 5.88. The van der Waals surface area contributed by atoms with E-state index in [1.165, 1.54) is 23.3 Å². The molecule has 3 rings (SSSR count). The van der Waals surface area contributed by atoms with Crippen LogP contribution in [0.15, 0.2) is 10.9 Å². The van der Waals surface area contributed by atoms with Crippen LogP contribution in [0.2, 0.25) is 0 Å². The van der Waals surface area contributed by atoms with Gasteiger partial charge < -0.3 is 15.0 Å². The van der Waals surface area contributed by atoms with Crippen molar-refractivity contribution in [3.8, 4) is 0 Å². The predicted molar refractivity (Wildman–Crippen MR) is 95.1 cm³/mol. The minimum Gasteiger partial charge on any atom is -0.491 e. The zero-order chi connectivity index (χ0) is 18.9. The molecule has 1 N–H and O–H groups in total. The number of amides is 3. The number of cyclic esters (lactones) is 1. The number of carbonyl (C=O) groups is 3. The van der Waals surface area contributed by atoms with E-state index in [0.29, 0.717) is 13.0 Å². The monoisotopic (exact) mass is 468 g/mol. The summed E-state index contributed by atoms with van der Waals surface area (Å²) in [7, 11) is 1.52. The Bertz CT molecular complexity index is 691. The largest absolute Gasteiger partial charge is 0.491 e. The van der Waals surface area contributed by atoms with Crippen LogP contribution < -0.4 is 5.32 Å². The molecular formula is C17H23N4O4SY-. The second-order valence-electron chi connectivity index (χ2n) is 7.09. The van der Waals surface area contributed by atoms with Crippen molar-refractivity contribution >= 4 is 29.2 Å². The van der Waals surface area contributed by atoms with Gasteiger partial charge in [0, 0.05) is 51.6 Å². The topological polar surface area (TPSA) is 91.8 Å². The van der Waals surface area contributed by atoms with Gasteiger partial charge in [0.25, 0.3) is 0 Å². The average Bonchev–Trinajstić information content (AvgIpc) is 3.29. The molecule has 0 spiro atoms. The summed E-state index contributed by atoms with van der Waals surface area (Å²) in [4.78, 5) is 44.7. The van der Waals surface area contributed by atoms with Gasteiger partial charge >= 0.3 is 6.09 Å². The molecule has 27 heavy (non-hydrogen) atoms. The molecule has 1 aromatic heterocycles. The van der Waals surface area contributed by atoms with Gasteiger partial charge in [-0.2, -0.15) is 6.42 Å². The van der Waals surface area contributed by atoms with E-state index < -0.39 is 29.7 Å². The number of likely N-dealkylation sites (tertiary alicyclic amines) is 1. The molecule has 3 heterocycles. The Labute approximate surface area is 187 Å². The third kappa shape index (κ3) is 4.87. The molecule has 3 amide bonds. The van der Waals surface area contributed by atoms with Gasteiger partial charge in [-0.25, -0.2) is 16.3 Å². The van der Waals surface area contributed by atoms with Gasteiger partial charge in [-0.3, -0.25) is 14.5 Å². The summed E-state index contributed by atoms with van der Waals surface area (Å²) in [5.41, 5.74) is 1.48. The molecule has 2 fully saturated rings. The Hall–Kier alpha value is -1.06. The number of ether oxygens (including phenoxy) is 1. The molecule has 2 aliphatic rings. The van der Waals surface area contributed by atoms with Gasteiger partial charge in [-0.1, -0.05) is 6.42 Å². The molecule has 1 radical (unpaired) electrons. The van der Waals surface area contributed by atoms with Gasteiger partial charge in [0.05, 0.1) is 11.2 Å². The first-order valence-electron chi connectivity index (χ1n) is 8.56. The van der Waals surface area contributed by atoms with Crippen LogP contribution in [-0.4, -0.2) is 64.0 Å². The molecule has 2 unspecified atom stereocenters. The molecule has 2 saturated heterocycles. The first-order chi connectivity index (χ1) is 12.3. The smallest absolute Gasteiger partial charge is 0.410 e. The first-order valence-corrected chi connectivity index (χ1v) is 9.51. The Kier molecular flexibility index (Phi) is 7.38. The average molecular weight is 468 g/mol. The summed E-state index contributed by atoms with van der Waals surface area (Å²) in [6.07, 6.45) is 1.53. The number of likely N-dealkylation sites (N-methyl/N-ethyl adjacent to an activating group) is 1. The number of nitrogens with zero attached hydrogens (tertiary/aromatic N) is 3. The van der Waals surface area contributed by atoms with E-state index in [0.717, 1.165) is 18.5 Å². The van der Waals surface area contributed by atoms with Crippen LogP contribution in [-0.2, 0) is 53.5 Å². The van der Waals surface area contributed by atoms with Crippen molar-refractivity contribution in [3.05, 3.63) is 23.1 Å². The summed E-state index contributed by atoms with van der Waals surface area (Å²) < 4.78 is 5.26. The van der Waals surface area contributed by atoms with E-state index in [1.807, 2.05) is 11.9 Å². The van der Waals surface area contributed by atoms with E-state index in [-0.39, 0.29) is 38.6 Å². The normalized spacial score (nSPS) is 22.2. The maximum absolute atomic E-state index is 12.9. The van der Waals surface area contributed by atoms with Crippen LogP contribution in [0, 0.1) is 6.54 Å². The molecule has 8 nitrogen and oxygen atoms in total. The SMILES string of the molecule is CN1C(=O)OC(C)(C)C1C(=O)NC(Cc1cscn1)C(=O)N1[CH-]CCC1.[Y]. The second kappa shape index (κ2) is 8.96. The quantitative estimate of drug-likeness (QED) is 0.656. The molecule has 145 valence electrons. The van der Waals surface area contributed by atoms with Crippen molar-refractivity contribution in [1.29, 1.82) is 0 Å². The Morgan fingerprint density at radius 1 is 1.52 bits per heavy atom. The second-order valence-corrected chi connectivity index (χ2v) is 7.81. The maximum atomic E-state index is 12.9. The molecule has 0 aliphatic carbocycles. The zero-order valence-electron chi connectivity index (χ0n) is 15.7. The number of thiazole rings is 1. The number of hydrogen-bond acceptors (Lipinski definition) is 6. The Balaban J connectivity index is 0.00000261. The number of hydrogen-bond donors (Lipinski definition) is 1. The minimum atomic E-state index is -0.968. The van der Waals surface area contributed by atoms with Crippen molar-refractivity contribution in [2.24, 2.45) is 0 Å². The van der Waals surface area contributed by atoms with Gasteiger partial charge in [-0.05, 0) is 20.4 Å². The van der Waals surface area contributed by atoms with Crippen molar-refractivity contribution in [1.82, 2.24) is 20.1 Å². The van der Waals surface area contributed by atoms with E-state index in [1.54, 1.807) is 24.3 Å². The maximum Gasteiger partial charge on any atom is 0.410 e. The fourth-order valence-corrected chi connectivity index (χ4v) is 3.99. The first kappa shape index (κ1) is 22.2. The van der Waals surface area contributed by atoms with Gasteiger partial charge in [0.15, 0.2) is 6.04 Å². The summed E-state index contributed by atoms with van der Waals surface area (Å²) in [5, 5.41) is 4.68. The van der Waals surface area contributed by atoms with Crippen LogP contribution in [0.5, 0.6) is 0 Å². The molecule has 1 aromatic rings. The molecule has 0 bridgehead atoms. The summed E-state index contributed by atoms with van der Waals surface area (Å²) >= 11 is 1.44. The number of rotatable bonds is 5. The summed E-state index contributed by atoms with van der Waals surface area (Å²) in [6, 6.07) is -1.54. The van der Waals surface area contributed by atoms with Gasteiger partial charge in [0.2, 0.25) is 11.8 Å². The van der Waals surface area contributed by atoms with E-state index in [4.69, 9.17) is 4.74 Å². The molecule has 2 aliphatic heterocycles. The fourth-order valence-electron chi connectivity index (χ4n) is 3.41. The molecule has 2 atom stereocenters. The van der Waals surface area contributed by atoms with Gasteiger partial charge in [-0.15, -0.1) is 11.3 Å². The molecule has 10 heteroatoms. The Morgan fingerprint density at radius 2 is 2.26 bits per heavy atom. The van der Waals surface area contributed by atoms with E-state index >= 15 is 0 Å². The van der Waals surface area contributed by atoms with Crippen LogP contribution in [0.25, 0.3) is 0 Å². The van der Waals surface area contributed by atoms with Crippen molar-refractivity contribution in [2.75, 3.05) is 13.6 Å². The zero-order valence-corrected chi connectivity index (χ0v) is 19.3. The van der Waals surface area contributed by atoms with Crippen LogP contribution >= 0.6 is 11.3 Å². The van der Waals surface area contributed by atoms with E-state index in [9.17, 15) is 14.4 Å². The number of nitrogens with one attached hydrogen (secondary N) is 1. The van der Waals surface area contributed by atoms with Crippen molar-refractivity contribution in [3.63, 3.8) is 0 Å². The molecular weight excluding hydrogens is 445 g/mol. The minimum absolute atomic E-state index is 0. The number of carbonyl (C=O) groups excluding carboxylic acids is 3. The third-order valence-electron chi connectivity index (χ3n) is 4.68. The summed E-state index contributed by atoms with van der Waals surface area (Å²) in [5.74, 6) is -0.564. The van der Waals surface area contributed by atoms with Crippen LogP contribution in [0.3, 0.4) is 0 Å². The molecule has 0 aromatic carbocycles.